The van der Waals surface area contributed by atoms with Crippen LogP contribution in [0.2, 0.25) is 0 Å². The Morgan fingerprint density at radius 2 is 2.05 bits per heavy atom. The maximum absolute atomic E-state index is 7.85. The molecular weight excluding hydrogens is 248 g/mol. The summed E-state index contributed by atoms with van der Waals surface area (Å²) in [7, 11) is 0. The Kier molecular flexibility index (Phi) is 7.70. The number of nitrogens with zero attached hydrogens (tertiary/aromatic N) is 2. The van der Waals surface area contributed by atoms with E-state index in [-0.39, 0.29) is 5.96 Å². The van der Waals surface area contributed by atoms with Crippen molar-refractivity contribution in [3.05, 3.63) is 24.5 Å². The summed E-state index contributed by atoms with van der Waals surface area (Å²) in [5.41, 5.74) is 6.70. The van der Waals surface area contributed by atoms with Crippen molar-refractivity contribution in [2.24, 2.45) is 5.73 Å². The normalized spacial score (nSPS) is 12.1. The minimum atomic E-state index is 0.110. The molecule has 1 rings (SSSR count). The summed E-state index contributed by atoms with van der Waals surface area (Å²) in [5, 5.41) is 7.85. The van der Waals surface area contributed by atoms with Gasteiger partial charge < -0.3 is 10.6 Å². The summed E-state index contributed by atoms with van der Waals surface area (Å²) >= 11 is 0. The lowest BCUT2D eigenvalue weighted by molar-refractivity contribution is 0.526. The SMILES string of the molecule is CCCCCCCC(CC)N(C(=N)N)c1cccnc1. The molecule has 1 atom stereocenters. The monoisotopic (exact) mass is 276 g/mol. The first-order valence-electron chi connectivity index (χ1n) is 7.74. The van der Waals surface area contributed by atoms with Crippen LogP contribution in [0.4, 0.5) is 5.69 Å². The van der Waals surface area contributed by atoms with Crippen LogP contribution in [-0.2, 0) is 0 Å². The standard InChI is InChI=1S/C16H28N4/c1-3-5-6-7-8-10-14(4-2)20(16(17)18)15-11-9-12-19-13-15/h9,11-14H,3-8,10H2,1-2H3,(H3,17,18). The second kappa shape index (κ2) is 9.34. The van der Waals surface area contributed by atoms with E-state index in [1.807, 2.05) is 17.0 Å². The Hall–Kier alpha value is -1.58. The molecule has 1 aromatic rings. The lowest BCUT2D eigenvalue weighted by Crippen LogP contribution is -2.44. The van der Waals surface area contributed by atoms with Crippen LogP contribution in [0.15, 0.2) is 24.5 Å². The van der Waals surface area contributed by atoms with E-state index < -0.39 is 0 Å². The highest BCUT2D eigenvalue weighted by Gasteiger charge is 2.19. The molecule has 0 bridgehead atoms. The third-order valence-electron chi connectivity index (χ3n) is 3.66. The molecule has 4 nitrogen and oxygen atoms in total. The third-order valence-corrected chi connectivity index (χ3v) is 3.66. The number of guanidine groups is 1. The van der Waals surface area contributed by atoms with Crippen LogP contribution in [0.25, 0.3) is 0 Å². The summed E-state index contributed by atoms with van der Waals surface area (Å²) in [4.78, 5) is 6.04. The number of hydrogen-bond acceptors (Lipinski definition) is 2. The van der Waals surface area contributed by atoms with E-state index in [1.165, 1.54) is 32.1 Å². The Morgan fingerprint density at radius 3 is 2.60 bits per heavy atom. The molecule has 0 aliphatic carbocycles. The van der Waals surface area contributed by atoms with Crippen LogP contribution >= 0.6 is 0 Å². The fourth-order valence-electron chi connectivity index (χ4n) is 2.54. The van der Waals surface area contributed by atoms with E-state index >= 15 is 0 Å². The first kappa shape index (κ1) is 16.5. The number of pyridine rings is 1. The van der Waals surface area contributed by atoms with Crippen molar-refractivity contribution in [1.82, 2.24) is 4.98 Å². The lowest BCUT2D eigenvalue weighted by atomic mass is 10.0. The van der Waals surface area contributed by atoms with E-state index in [9.17, 15) is 0 Å². The van der Waals surface area contributed by atoms with Gasteiger partial charge in [0.05, 0.1) is 11.9 Å². The first-order chi connectivity index (χ1) is 9.70. The molecule has 0 aromatic carbocycles. The van der Waals surface area contributed by atoms with E-state index in [1.54, 1.807) is 12.4 Å². The summed E-state index contributed by atoms with van der Waals surface area (Å²) in [6, 6.07) is 4.14. The molecule has 0 aliphatic rings. The molecular formula is C16H28N4. The Bertz CT molecular complexity index is 377. The highest BCUT2D eigenvalue weighted by atomic mass is 15.3. The van der Waals surface area contributed by atoms with Gasteiger partial charge in [-0.1, -0.05) is 46.0 Å². The van der Waals surface area contributed by atoms with Gasteiger partial charge in [-0.2, -0.15) is 0 Å². The summed E-state index contributed by atoms with van der Waals surface area (Å²) in [6.45, 7) is 4.39. The van der Waals surface area contributed by atoms with E-state index in [4.69, 9.17) is 11.1 Å². The van der Waals surface area contributed by atoms with Crippen molar-refractivity contribution in [3.8, 4) is 0 Å². The fourth-order valence-corrected chi connectivity index (χ4v) is 2.54. The van der Waals surface area contributed by atoms with E-state index in [2.05, 4.69) is 18.8 Å². The zero-order valence-electron chi connectivity index (χ0n) is 12.8. The van der Waals surface area contributed by atoms with Gasteiger partial charge in [0.25, 0.3) is 0 Å². The second-order valence-corrected chi connectivity index (χ2v) is 5.23. The highest BCUT2D eigenvalue weighted by Crippen LogP contribution is 2.21. The molecule has 0 saturated carbocycles. The predicted molar refractivity (Wildman–Crippen MR) is 86.1 cm³/mol. The smallest absolute Gasteiger partial charge is 0.193 e. The maximum Gasteiger partial charge on any atom is 0.193 e. The van der Waals surface area contributed by atoms with Crippen molar-refractivity contribution in [1.29, 1.82) is 5.41 Å². The fraction of sp³-hybridized carbons (Fsp3) is 0.625. The summed E-state index contributed by atoms with van der Waals surface area (Å²) < 4.78 is 0. The molecule has 1 unspecified atom stereocenters. The van der Waals surface area contributed by atoms with Gasteiger partial charge in [-0.05, 0) is 25.0 Å². The largest absolute Gasteiger partial charge is 0.370 e. The van der Waals surface area contributed by atoms with Gasteiger partial charge in [0.2, 0.25) is 0 Å². The summed E-state index contributed by atoms with van der Waals surface area (Å²) in [5.74, 6) is 0.110. The number of aromatic nitrogens is 1. The number of nitrogens with one attached hydrogen (secondary N) is 1. The molecule has 0 amide bonds. The molecule has 4 heteroatoms. The number of rotatable bonds is 9. The molecule has 20 heavy (non-hydrogen) atoms. The first-order valence-corrected chi connectivity index (χ1v) is 7.74. The van der Waals surface area contributed by atoms with Gasteiger partial charge in [0.1, 0.15) is 0 Å². The van der Waals surface area contributed by atoms with Gasteiger partial charge in [-0.25, -0.2) is 0 Å². The quantitative estimate of drug-likeness (QED) is 0.408. The second-order valence-electron chi connectivity index (χ2n) is 5.23. The van der Waals surface area contributed by atoms with Crippen molar-refractivity contribution in [2.45, 2.75) is 64.8 Å². The van der Waals surface area contributed by atoms with Gasteiger partial charge in [0, 0.05) is 12.2 Å². The molecule has 1 aromatic heterocycles. The minimum Gasteiger partial charge on any atom is -0.370 e. The Balaban J connectivity index is 2.61. The minimum absolute atomic E-state index is 0.110. The van der Waals surface area contributed by atoms with Crippen LogP contribution in [0.1, 0.15) is 58.8 Å². The van der Waals surface area contributed by atoms with Crippen molar-refractivity contribution in [2.75, 3.05) is 4.90 Å². The van der Waals surface area contributed by atoms with Crippen LogP contribution in [-0.4, -0.2) is 17.0 Å². The Morgan fingerprint density at radius 1 is 1.30 bits per heavy atom. The molecule has 1 heterocycles. The zero-order valence-corrected chi connectivity index (χ0v) is 12.8. The average Bonchev–Trinajstić information content (AvgIpc) is 2.46. The molecule has 112 valence electrons. The molecule has 0 radical (unpaired) electrons. The summed E-state index contributed by atoms with van der Waals surface area (Å²) in [6.07, 6.45) is 11.9. The Labute approximate surface area is 122 Å². The number of nitrogens with two attached hydrogens (primary N) is 1. The number of hydrogen-bond donors (Lipinski definition) is 2. The molecule has 0 saturated heterocycles. The molecule has 3 N–H and O–H groups in total. The molecule has 0 aliphatic heterocycles. The van der Waals surface area contributed by atoms with Crippen LogP contribution < -0.4 is 10.6 Å². The van der Waals surface area contributed by atoms with Crippen LogP contribution in [0.5, 0.6) is 0 Å². The molecule has 0 fully saturated rings. The number of unbranched alkanes of at least 4 members (excludes halogenated alkanes) is 4. The lowest BCUT2D eigenvalue weighted by Gasteiger charge is -2.31. The third kappa shape index (κ3) is 5.19. The van der Waals surface area contributed by atoms with E-state index in [0.29, 0.717) is 6.04 Å². The van der Waals surface area contributed by atoms with Gasteiger partial charge >= 0.3 is 0 Å². The highest BCUT2D eigenvalue weighted by molar-refractivity contribution is 5.92. The average molecular weight is 276 g/mol. The van der Waals surface area contributed by atoms with Crippen LogP contribution in [0, 0.1) is 5.41 Å². The van der Waals surface area contributed by atoms with Gasteiger partial charge in [-0.15, -0.1) is 0 Å². The topological polar surface area (TPSA) is 66.0 Å². The number of anilines is 1. The van der Waals surface area contributed by atoms with E-state index in [0.717, 1.165) is 18.5 Å². The van der Waals surface area contributed by atoms with Crippen molar-refractivity contribution in [3.63, 3.8) is 0 Å². The molecule has 0 spiro atoms. The van der Waals surface area contributed by atoms with Gasteiger partial charge in [0.15, 0.2) is 5.96 Å². The van der Waals surface area contributed by atoms with Crippen LogP contribution in [0.3, 0.4) is 0 Å². The zero-order chi connectivity index (χ0) is 14.8. The van der Waals surface area contributed by atoms with Crippen molar-refractivity contribution >= 4 is 11.6 Å². The van der Waals surface area contributed by atoms with Gasteiger partial charge in [-0.3, -0.25) is 10.4 Å². The maximum atomic E-state index is 7.85. The predicted octanol–water partition coefficient (Wildman–Crippen LogP) is 3.92. The van der Waals surface area contributed by atoms with Crippen molar-refractivity contribution < 1.29 is 0 Å².